The molecule has 1 aliphatic carbocycles. The second kappa shape index (κ2) is 4.34. The summed E-state index contributed by atoms with van der Waals surface area (Å²) in [5.74, 6) is 0.620. The molecule has 15 heavy (non-hydrogen) atoms. The lowest BCUT2D eigenvalue weighted by molar-refractivity contribution is -0.110. The van der Waals surface area contributed by atoms with Crippen molar-refractivity contribution < 1.29 is 4.79 Å². The van der Waals surface area contributed by atoms with Gasteiger partial charge in [0.05, 0.1) is 0 Å². The quantitative estimate of drug-likeness (QED) is 0.505. The van der Waals surface area contributed by atoms with E-state index in [4.69, 9.17) is 0 Å². The van der Waals surface area contributed by atoms with Crippen LogP contribution in [-0.4, -0.2) is 6.29 Å². The number of hydrogen-bond donors (Lipinski definition) is 0. The highest BCUT2D eigenvalue weighted by molar-refractivity contribution is 5.53. The van der Waals surface area contributed by atoms with Crippen molar-refractivity contribution in [2.24, 2.45) is 17.3 Å². The molecule has 0 bridgehead atoms. The maximum absolute atomic E-state index is 10.6. The van der Waals surface area contributed by atoms with E-state index in [9.17, 15) is 4.79 Å². The average Bonchev–Trinajstić information content (AvgIpc) is 2.41. The molecule has 0 aromatic heterocycles. The summed E-state index contributed by atoms with van der Waals surface area (Å²) in [6, 6.07) is 0. The van der Waals surface area contributed by atoms with Crippen LogP contribution in [0.5, 0.6) is 0 Å². The van der Waals surface area contributed by atoms with E-state index in [0.29, 0.717) is 5.92 Å². The molecule has 0 aliphatic heterocycles. The summed E-state index contributed by atoms with van der Waals surface area (Å²) in [5, 5.41) is 0. The normalized spacial score (nSPS) is 25.9. The molecule has 0 aromatic carbocycles. The van der Waals surface area contributed by atoms with Gasteiger partial charge in [-0.15, -0.1) is 0 Å². The lowest BCUT2D eigenvalue weighted by Crippen LogP contribution is -2.22. The van der Waals surface area contributed by atoms with Crippen LogP contribution >= 0.6 is 0 Å². The Labute approximate surface area is 93.3 Å². The smallest absolute Gasteiger partial charge is 0.123 e. The lowest BCUT2D eigenvalue weighted by atomic mass is 9.73. The summed E-state index contributed by atoms with van der Waals surface area (Å²) < 4.78 is 0. The molecular weight excluding hydrogens is 184 g/mol. The zero-order valence-corrected chi connectivity index (χ0v) is 10.3. The SMILES string of the molecule is C=C(CC(C)C=O)[C@H]1CC=C(C)C1(C)C. The van der Waals surface area contributed by atoms with Crippen molar-refractivity contribution in [1.29, 1.82) is 0 Å². The fraction of sp³-hybridized carbons (Fsp3) is 0.643. The second-order valence-electron chi connectivity index (χ2n) is 5.37. The molecule has 0 aromatic rings. The number of allylic oxidation sites excluding steroid dienone is 3. The van der Waals surface area contributed by atoms with E-state index in [0.717, 1.165) is 19.1 Å². The first-order valence-electron chi connectivity index (χ1n) is 5.69. The molecule has 0 saturated carbocycles. The van der Waals surface area contributed by atoms with Gasteiger partial charge in [-0.25, -0.2) is 0 Å². The number of carbonyl (C=O) groups is 1. The maximum Gasteiger partial charge on any atom is 0.123 e. The summed E-state index contributed by atoms with van der Waals surface area (Å²) >= 11 is 0. The molecule has 1 unspecified atom stereocenters. The van der Waals surface area contributed by atoms with E-state index in [-0.39, 0.29) is 11.3 Å². The Morgan fingerprint density at radius 2 is 2.33 bits per heavy atom. The summed E-state index contributed by atoms with van der Waals surface area (Å²) in [6.45, 7) is 12.9. The first-order chi connectivity index (χ1) is 6.89. The van der Waals surface area contributed by atoms with Crippen molar-refractivity contribution in [1.82, 2.24) is 0 Å². The highest BCUT2D eigenvalue weighted by atomic mass is 16.1. The summed E-state index contributed by atoms with van der Waals surface area (Å²) in [7, 11) is 0. The van der Waals surface area contributed by atoms with Crippen LogP contribution in [0.25, 0.3) is 0 Å². The van der Waals surface area contributed by atoms with Gasteiger partial charge in [0.2, 0.25) is 0 Å². The molecule has 1 rings (SSSR count). The van der Waals surface area contributed by atoms with Crippen molar-refractivity contribution in [3.63, 3.8) is 0 Å². The Hall–Kier alpha value is -0.850. The number of hydrogen-bond acceptors (Lipinski definition) is 1. The fourth-order valence-electron chi connectivity index (χ4n) is 2.41. The molecule has 0 heterocycles. The zero-order valence-electron chi connectivity index (χ0n) is 10.3. The Morgan fingerprint density at radius 1 is 1.73 bits per heavy atom. The van der Waals surface area contributed by atoms with Gasteiger partial charge in [-0.3, -0.25) is 0 Å². The van der Waals surface area contributed by atoms with Crippen LogP contribution in [-0.2, 0) is 4.79 Å². The van der Waals surface area contributed by atoms with Crippen LogP contribution in [0.15, 0.2) is 23.8 Å². The van der Waals surface area contributed by atoms with Crippen molar-refractivity contribution in [3.05, 3.63) is 23.8 Å². The topological polar surface area (TPSA) is 17.1 Å². The van der Waals surface area contributed by atoms with Crippen LogP contribution in [0, 0.1) is 17.3 Å². The average molecular weight is 206 g/mol. The Balaban J connectivity index is 2.68. The molecule has 0 radical (unpaired) electrons. The molecule has 1 nitrogen and oxygen atoms in total. The molecule has 0 spiro atoms. The van der Waals surface area contributed by atoms with Gasteiger partial charge in [-0.2, -0.15) is 0 Å². The minimum Gasteiger partial charge on any atom is -0.303 e. The molecule has 1 heteroatoms. The van der Waals surface area contributed by atoms with Crippen molar-refractivity contribution >= 4 is 6.29 Å². The minimum absolute atomic E-state index is 0.106. The molecule has 0 N–H and O–H groups in total. The monoisotopic (exact) mass is 206 g/mol. The summed E-state index contributed by atoms with van der Waals surface area (Å²) in [6.07, 6.45) is 5.25. The number of carbonyl (C=O) groups excluding carboxylic acids is 1. The largest absolute Gasteiger partial charge is 0.303 e. The molecule has 1 aliphatic rings. The highest BCUT2D eigenvalue weighted by Gasteiger charge is 2.36. The van der Waals surface area contributed by atoms with E-state index < -0.39 is 0 Å². The van der Waals surface area contributed by atoms with Crippen LogP contribution in [0.3, 0.4) is 0 Å². The third-order valence-electron chi connectivity index (χ3n) is 3.86. The van der Waals surface area contributed by atoms with Gasteiger partial charge in [0, 0.05) is 5.92 Å². The number of aldehydes is 1. The minimum atomic E-state index is 0.106. The predicted molar refractivity (Wildman–Crippen MR) is 64.6 cm³/mol. The third kappa shape index (κ3) is 2.39. The molecule has 0 amide bonds. The molecular formula is C14H22O. The van der Waals surface area contributed by atoms with Gasteiger partial charge in [0.25, 0.3) is 0 Å². The Morgan fingerprint density at radius 3 is 2.73 bits per heavy atom. The second-order valence-corrected chi connectivity index (χ2v) is 5.37. The predicted octanol–water partition coefficient (Wildman–Crippen LogP) is 3.76. The first kappa shape index (κ1) is 12.2. The van der Waals surface area contributed by atoms with E-state index in [1.54, 1.807) is 0 Å². The highest BCUT2D eigenvalue weighted by Crippen LogP contribution is 2.47. The number of rotatable bonds is 4. The zero-order chi connectivity index (χ0) is 11.6. The van der Waals surface area contributed by atoms with Crippen LogP contribution in [0.2, 0.25) is 0 Å². The van der Waals surface area contributed by atoms with Crippen LogP contribution in [0.1, 0.15) is 40.5 Å². The van der Waals surface area contributed by atoms with Gasteiger partial charge in [0.1, 0.15) is 6.29 Å². The fourth-order valence-corrected chi connectivity index (χ4v) is 2.41. The van der Waals surface area contributed by atoms with E-state index >= 15 is 0 Å². The summed E-state index contributed by atoms with van der Waals surface area (Å²) in [4.78, 5) is 10.6. The summed E-state index contributed by atoms with van der Waals surface area (Å²) in [5.41, 5.74) is 2.90. The lowest BCUT2D eigenvalue weighted by Gasteiger charge is -2.31. The third-order valence-corrected chi connectivity index (χ3v) is 3.86. The first-order valence-corrected chi connectivity index (χ1v) is 5.69. The van der Waals surface area contributed by atoms with Gasteiger partial charge >= 0.3 is 0 Å². The molecule has 2 atom stereocenters. The Kier molecular flexibility index (Phi) is 3.54. The molecule has 84 valence electrons. The standard InChI is InChI=1S/C14H22O/c1-10(9-15)8-11(2)13-7-6-12(3)14(13,4)5/h6,9-10,13H,2,7-8H2,1,3-5H3/t10?,13-/m1/s1. The van der Waals surface area contributed by atoms with E-state index in [1.165, 1.54) is 11.1 Å². The van der Waals surface area contributed by atoms with Crippen molar-refractivity contribution in [3.8, 4) is 0 Å². The van der Waals surface area contributed by atoms with Crippen LogP contribution < -0.4 is 0 Å². The Bertz CT molecular complexity index is 296. The van der Waals surface area contributed by atoms with Gasteiger partial charge < -0.3 is 4.79 Å². The van der Waals surface area contributed by atoms with E-state index in [1.807, 2.05) is 6.92 Å². The van der Waals surface area contributed by atoms with Gasteiger partial charge in [-0.1, -0.05) is 44.6 Å². The van der Waals surface area contributed by atoms with E-state index in [2.05, 4.69) is 33.4 Å². The van der Waals surface area contributed by atoms with Gasteiger partial charge in [0.15, 0.2) is 0 Å². The van der Waals surface area contributed by atoms with Gasteiger partial charge in [-0.05, 0) is 31.1 Å². The molecule has 0 fully saturated rings. The maximum atomic E-state index is 10.6. The molecule has 0 saturated heterocycles. The van der Waals surface area contributed by atoms with Crippen molar-refractivity contribution in [2.45, 2.75) is 40.5 Å². The van der Waals surface area contributed by atoms with Crippen molar-refractivity contribution in [2.75, 3.05) is 0 Å². The van der Waals surface area contributed by atoms with Crippen LogP contribution in [0.4, 0.5) is 0 Å².